The van der Waals surface area contributed by atoms with Crippen molar-refractivity contribution in [3.8, 4) is 0 Å². The van der Waals surface area contributed by atoms with Crippen LogP contribution in [0.4, 0.5) is 0 Å². The Morgan fingerprint density at radius 2 is 1.88 bits per heavy atom. The Bertz CT molecular complexity index is 601. The van der Waals surface area contributed by atoms with Gasteiger partial charge in [-0.05, 0) is 85.9 Å². The summed E-state index contributed by atoms with van der Waals surface area (Å²) in [6.07, 6.45) is 13.4. The van der Waals surface area contributed by atoms with Crippen molar-refractivity contribution in [3.63, 3.8) is 0 Å². The van der Waals surface area contributed by atoms with Gasteiger partial charge in [-0.15, -0.1) is 0 Å². The summed E-state index contributed by atoms with van der Waals surface area (Å²) in [6.45, 7) is 7.58. The lowest BCUT2D eigenvalue weighted by molar-refractivity contribution is -0.164. The Morgan fingerprint density at radius 1 is 1.08 bits per heavy atom. The van der Waals surface area contributed by atoms with Crippen molar-refractivity contribution >= 4 is 6.29 Å². The smallest absolute Gasteiger partial charge is 0.126 e. The number of methoxy groups -OCH3 is 1. The van der Waals surface area contributed by atoms with Crippen molar-refractivity contribution in [2.45, 2.75) is 84.7 Å². The van der Waals surface area contributed by atoms with Crippen LogP contribution in [0.25, 0.3) is 0 Å². The molecule has 1 spiro atoms. The molecular formula is C23H36O2. The maximum Gasteiger partial charge on any atom is 0.126 e. The van der Waals surface area contributed by atoms with Gasteiger partial charge in [0.1, 0.15) is 6.29 Å². The molecule has 140 valence electrons. The molecule has 0 bridgehead atoms. The monoisotopic (exact) mass is 344 g/mol. The Labute approximate surface area is 153 Å². The molecule has 5 aliphatic carbocycles. The van der Waals surface area contributed by atoms with E-state index in [1.165, 1.54) is 51.2 Å². The summed E-state index contributed by atoms with van der Waals surface area (Å²) in [7, 11) is 1.91. The van der Waals surface area contributed by atoms with Gasteiger partial charge in [0.2, 0.25) is 0 Å². The lowest BCUT2D eigenvalue weighted by Crippen LogP contribution is -2.57. The number of hydrogen-bond donors (Lipinski definition) is 0. The quantitative estimate of drug-likeness (QED) is 0.654. The van der Waals surface area contributed by atoms with Gasteiger partial charge in [0.05, 0.1) is 6.10 Å². The maximum atomic E-state index is 12.0. The fourth-order valence-corrected chi connectivity index (χ4v) is 9.70. The molecular weight excluding hydrogens is 308 g/mol. The van der Waals surface area contributed by atoms with E-state index in [0.717, 1.165) is 36.5 Å². The first-order valence-corrected chi connectivity index (χ1v) is 10.9. The SMILES string of the molecule is CC[C@H]1CC[C@H]2[C@@H]3C[C@@H](OC)[C@]45C[C@]4(C=O)CC[C@]5(C)[C@H]3CC[C@]12C. The third-order valence-corrected chi connectivity index (χ3v) is 11.0. The Hall–Kier alpha value is -0.370. The first-order valence-electron chi connectivity index (χ1n) is 10.9. The molecule has 5 saturated carbocycles. The van der Waals surface area contributed by atoms with Gasteiger partial charge >= 0.3 is 0 Å². The van der Waals surface area contributed by atoms with Crippen LogP contribution in [0.3, 0.4) is 0 Å². The molecule has 0 N–H and O–H groups in total. The van der Waals surface area contributed by atoms with E-state index in [-0.39, 0.29) is 10.8 Å². The molecule has 9 atom stereocenters. The third kappa shape index (κ3) is 1.62. The topological polar surface area (TPSA) is 26.3 Å². The van der Waals surface area contributed by atoms with Crippen LogP contribution in [0.2, 0.25) is 0 Å². The number of rotatable bonds is 3. The summed E-state index contributed by atoms with van der Waals surface area (Å²) in [5, 5.41) is 0. The second-order valence-electron chi connectivity index (χ2n) is 10.9. The van der Waals surface area contributed by atoms with Crippen LogP contribution in [-0.4, -0.2) is 19.5 Å². The summed E-state index contributed by atoms with van der Waals surface area (Å²) in [5.74, 6) is 3.49. The molecule has 25 heavy (non-hydrogen) atoms. The second-order valence-corrected chi connectivity index (χ2v) is 10.9. The van der Waals surface area contributed by atoms with Gasteiger partial charge in [-0.1, -0.05) is 27.2 Å². The van der Waals surface area contributed by atoms with Crippen molar-refractivity contribution in [1.29, 1.82) is 0 Å². The summed E-state index contributed by atoms with van der Waals surface area (Å²) in [4.78, 5) is 12.0. The minimum Gasteiger partial charge on any atom is -0.381 e. The molecule has 2 nitrogen and oxygen atoms in total. The minimum absolute atomic E-state index is 0.0320. The summed E-state index contributed by atoms with van der Waals surface area (Å²) >= 11 is 0. The van der Waals surface area contributed by atoms with Crippen LogP contribution in [0.5, 0.6) is 0 Å². The van der Waals surface area contributed by atoms with Crippen LogP contribution in [0.15, 0.2) is 0 Å². The molecule has 2 heteroatoms. The average Bonchev–Trinajstić information content (AvgIpc) is 3.05. The zero-order chi connectivity index (χ0) is 17.7. The molecule has 0 aromatic rings. The van der Waals surface area contributed by atoms with Gasteiger partial charge in [0.15, 0.2) is 0 Å². The van der Waals surface area contributed by atoms with E-state index < -0.39 is 0 Å². The fourth-order valence-electron chi connectivity index (χ4n) is 9.70. The van der Waals surface area contributed by atoms with Gasteiger partial charge in [0, 0.05) is 17.9 Å². The Kier molecular flexibility index (Phi) is 3.30. The van der Waals surface area contributed by atoms with E-state index in [9.17, 15) is 4.79 Å². The lowest BCUT2D eigenvalue weighted by Gasteiger charge is -2.60. The van der Waals surface area contributed by atoms with Crippen molar-refractivity contribution in [1.82, 2.24) is 0 Å². The molecule has 5 aliphatic rings. The molecule has 0 aromatic carbocycles. The van der Waals surface area contributed by atoms with Crippen molar-refractivity contribution in [3.05, 3.63) is 0 Å². The van der Waals surface area contributed by atoms with Gasteiger partial charge in [0.25, 0.3) is 0 Å². The van der Waals surface area contributed by atoms with E-state index in [1.54, 1.807) is 0 Å². The molecule has 5 rings (SSSR count). The highest BCUT2D eigenvalue weighted by atomic mass is 16.5. The molecule has 0 saturated heterocycles. The second kappa shape index (κ2) is 4.91. The predicted octanol–water partition coefficient (Wildman–Crippen LogP) is 5.25. The van der Waals surface area contributed by atoms with Crippen molar-refractivity contribution in [2.24, 2.45) is 45.3 Å². The van der Waals surface area contributed by atoms with E-state index in [4.69, 9.17) is 4.74 Å². The van der Waals surface area contributed by atoms with Crippen LogP contribution in [0.1, 0.15) is 78.6 Å². The van der Waals surface area contributed by atoms with E-state index in [0.29, 0.717) is 16.9 Å². The Morgan fingerprint density at radius 3 is 2.52 bits per heavy atom. The normalized spacial score (nSPS) is 61.8. The molecule has 0 aliphatic heterocycles. The number of hydrogen-bond acceptors (Lipinski definition) is 2. The number of ether oxygens (including phenoxy) is 1. The maximum absolute atomic E-state index is 12.0. The Balaban J connectivity index is 1.55. The average molecular weight is 345 g/mol. The van der Waals surface area contributed by atoms with Crippen molar-refractivity contribution < 1.29 is 9.53 Å². The van der Waals surface area contributed by atoms with Gasteiger partial charge in [-0.25, -0.2) is 0 Å². The van der Waals surface area contributed by atoms with Crippen LogP contribution in [0, 0.1) is 45.3 Å². The summed E-state index contributed by atoms with van der Waals surface area (Å²) < 4.78 is 6.17. The van der Waals surface area contributed by atoms with E-state index in [2.05, 4.69) is 20.8 Å². The molecule has 5 fully saturated rings. The van der Waals surface area contributed by atoms with E-state index >= 15 is 0 Å². The highest BCUT2D eigenvalue weighted by Gasteiger charge is 2.84. The summed E-state index contributed by atoms with van der Waals surface area (Å²) in [5.41, 5.74) is 1.05. The molecule has 0 amide bonds. The predicted molar refractivity (Wildman–Crippen MR) is 99.1 cm³/mol. The third-order valence-electron chi connectivity index (χ3n) is 11.0. The molecule has 0 heterocycles. The van der Waals surface area contributed by atoms with Crippen molar-refractivity contribution in [2.75, 3.05) is 7.11 Å². The van der Waals surface area contributed by atoms with Gasteiger partial charge < -0.3 is 9.53 Å². The molecule has 0 aromatic heterocycles. The fraction of sp³-hybridized carbons (Fsp3) is 0.957. The number of aldehydes is 1. The zero-order valence-corrected chi connectivity index (χ0v) is 16.6. The minimum atomic E-state index is -0.0320. The largest absolute Gasteiger partial charge is 0.381 e. The number of carbonyl (C=O) groups is 1. The number of fused-ring (bicyclic) bond motifs is 4. The highest BCUT2D eigenvalue weighted by molar-refractivity contribution is 5.70. The van der Waals surface area contributed by atoms with Crippen LogP contribution >= 0.6 is 0 Å². The van der Waals surface area contributed by atoms with Crippen LogP contribution < -0.4 is 0 Å². The standard InChI is InChI=1S/C23H36O2/c1-5-15-6-7-17-16-12-19(25-4)23-13-22(23,14-24)11-10-21(23,3)18(16)8-9-20(15,17)2/h14-19H,5-13H2,1-4H3/t15-,16-,17-,18-,19+,20+,21+,22-,23-/m0/s1. The van der Waals surface area contributed by atoms with Gasteiger partial charge in [-0.2, -0.15) is 0 Å². The first kappa shape index (κ1) is 16.8. The molecule has 0 radical (unpaired) electrons. The summed E-state index contributed by atoms with van der Waals surface area (Å²) in [6, 6.07) is 0. The molecule has 0 unspecified atom stereocenters. The lowest BCUT2D eigenvalue weighted by atomic mass is 9.45. The van der Waals surface area contributed by atoms with Crippen LogP contribution in [-0.2, 0) is 9.53 Å². The highest BCUT2D eigenvalue weighted by Crippen LogP contribution is 2.86. The first-order chi connectivity index (χ1) is 11.9. The van der Waals surface area contributed by atoms with E-state index in [1.807, 2.05) is 7.11 Å². The zero-order valence-electron chi connectivity index (χ0n) is 16.6. The van der Waals surface area contributed by atoms with Gasteiger partial charge in [-0.3, -0.25) is 0 Å². The number of carbonyl (C=O) groups excluding carboxylic acids is 1.